The molecule has 1 saturated heterocycles. The third-order valence-corrected chi connectivity index (χ3v) is 8.13. The zero-order chi connectivity index (χ0) is 18.3. The van der Waals surface area contributed by atoms with Gasteiger partial charge in [0.2, 0.25) is 0 Å². The fourth-order valence-corrected chi connectivity index (χ4v) is 7.05. The normalized spacial score (nSPS) is 20.8. The quantitative estimate of drug-likeness (QED) is 0.844. The van der Waals surface area contributed by atoms with E-state index in [1.54, 1.807) is 20.8 Å². The number of hydrogen-bond acceptors (Lipinski definition) is 5. The molecule has 0 radical (unpaired) electrons. The second-order valence-corrected chi connectivity index (χ2v) is 11.8. The number of carbonyl (C=O) groups excluding carboxylic acids is 1. The zero-order valence-electron chi connectivity index (χ0n) is 13.7. The second-order valence-electron chi connectivity index (χ2n) is 6.92. The summed E-state index contributed by atoms with van der Waals surface area (Å²) in [5, 5.41) is 1.87. The average molecular weight is 394 g/mol. The van der Waals surface area contributed by atoms with Crippen LogP contribution in [0.4, 0.5) is 0 Å². The smallest absolute Gasteiger partial charge is 0.253 e. The van der Waals surface area contributed by atoms with Gasteiger partial charge in [-0.25, -0.2) is 16.8 Å². The average Bonchev–Trinajstić information content (AvgIpc) is 2.78. The Balaban J connectivity index is 2.39. The molecule has 1 unspecified atom stereocenters. The highest BCUT2D eigenvalue weighted by Gasteiger charge is 2.38. The minimum absolute atomic E-state index is 0.0496. The van der Waals surface area contributed by atoms with E-state index in [0.717, 1.165) is 0 Å². The molecule has 9 heteroatoms. The summed E-state index contributed by atoms with van der Waals surface area (Å²) in [5.74, 6) is -1.01. The minimum atomic E-state index is -3.84. The van der Waals surface area contributed by atoms with Crippen molar-refractivity contribution in [1.82, 2.24) is 5.32 Å². The van der Waals surface area contributed by atoms with Crippen LogP contribution in [0, 0.1) is 0 Å². The Morgan fingerprint density at radius 2 is 1.92 bits per heavy atom. The maximum Gasteiger partial charge on any atom is 0.253 e. The van der Waals surface area contributed by atoms with Crippen LogP contribution < -0.4 is 5.32 Å². The van der Waals surface area contributed by atoms with Crippen LogP contribution in [0.25, 0.3) is 0 Å². The minimum Gasteiger partial charge on any atom is -0.347 e. The van der Waals surface area contributed by atoms with Gasteiger partial charge in [0.05, 0.1) is 32.2 Å². The molecular formula is C15H20ClNO5S2. The molecule has 1 fully saturated rings. The van der Waals surface area contributed by atoms with Gasteiger partial charge < -0.3 is 5.32 Å². The van der Waals surface area contributed by atoms with Crippen LogP contribution in [0.5, 0.6) is 0 Å². The van der Waals surface area contributed by atoms with Crippen molar-refractivity contribution in [2.45, 2.75) is 42.9 Å². The van der Waals surface area contributed by atoms with Gasteiger partial charge in [-0.05, 0) is 45.4 Å². The first-order valence-corrected chi connectivity index (χ1v) is 11.1. The monoisotopic (exact) mass is 393 g/mol. The molecule has 1 aromatic rings. The maximum absolute atomic E-state index is 12.7. The van der Waals surface area contributed by atoms with E-state index in [9.17, 15) is 21.6 Å². The molecule has 1 aromatic carbocycles. The molecular weight excluding hydrogens is 374 g/mol. The van der Waals surface area contributed by atoms with Crippen molar-refractivity contribution >= 4 is 37.2 Å². The van der Waals surface area contributed by atoms with E-state index in [-0.39, 0.29) is 33.4 Å². The van der Waals surface area contributed by atoms with Gasteiger partial charge in [-0.2, -0.15) is 0 Å². The van der Waals surface area contributed by atoms with Crippen LogP contribution >= 0.6 is 11.6 Å². The van der Waals surface area contributed by atoms with Crippen molar-refractivity contribution in [3.05, 3.63) is 28.8 Å². The molecule has 134 valence electrons. The third kappa shape index (κ3) is 4.29. The van der Waals surface area contributed by atoms with Crippen molar-refractivity contribution in [1.29, 1.82) is 0 Å². The van der Waals surface area contributed by atoms with E-state index in [0.29, 0.717) is 0 Å². The van der Waals surface area contributed by atoms with Gasteiger partial charge in [-0.3, -0.25) is 4.79 Å². The fraction of sp³-hybridized carbons (Fsp3) is 0.533. The summed E-state index contributed by atoms with van der Waals surface area (Å²) in [6.07, 6.45) is 0.0663. The SMILES string of the molecule is CC(C)(C)NC(=O)c1cc(S(=O)(=O)C2CCS(=O)(=O)C2)ccc1Cl. The van der Waals surface area contributed by atoms with Crippen molar-refractivity contribution in [2.24, 2.45) is 0 Å². The molecule has 1 heterocycles. The largest absolute Gasteiger partial charge is 0.347 e. The van der Waals surface area contributed by atoms with Crippen molar-refractivity contribution in [2.75, 3.05) is 11.5 Å². The summed E-state index contributed by atoms with van der Waals surface area (Å²) in [4.78, 5) is 12.2. The third-order valence-electron chi connectivity index (χ3n) is 3.63. The topological polar surface area (TPSA) is 97.4 Å². The summed E-state index contributed by atoms with van der Waals surface area (Å²) in [6.45, 7) is 5.38. The van der Waals surface area contributed by atoms with E-state index in [2.05, 4.69) is 5.32 Å². The van der Waals surface area contributed by atoms with Gasteiger partial charge >= 0.3 is 0 Å². The van der Waals surface area contributed by atoms with Gasteiger partial charge in [0.15, 0.2) is 19.7 Å². The van der Waals surface area contributed by atoms with Gasteiger partial charge in [-0.15, -0.1) is 0 Å². The summed E-state index contributed by atoms with van der Waals surface area (Å²) >= 11 is 6.02. The number of rotatable bonds is 3. The lowest BCUT2D eigenvalue weighted by atomic mass is 10.1. The number of halogens is 1. The molecule has 1 amide bonds. The number of carbonyl (C=O) groups is 1. The molecule has 0 saturated carbocycles. The van der Waals surface area contributed by atoms with E-state index >= 15 is 0 Å². The summed E-state index contributed by atoms with van der Waals surface area (Å²) in [5.41, 5.74) is -0.456. The van der Waals surface area contributed by atoms with Crippen molar-refractivity contribution in [3.63, 3.8) is 0 Å². The Kier molecular flexibility index (Phi) is 5.05. The lowest BCUT2D eigenvalue weighted by molar-refractivity contribution is 0.0919. The predicted molar refractivity (Wildman–Crippen MR) is 92.9 cm³/mol. The Labute approximate surface area is 147 Å². The van der Waals surface area contributed by atoms with Crippen LogP contribution in [0.15, 0.2) is 23.1 Å². The van der Waals surface area contributed by atoms with Gasteiger partial charge in [0, 0.05) is 5.54 Å². The Bertz CT molecular complexity index is 870. The molecule has 0 aliphatic carbocycles. The van der Waals surface area contributed by atoms with E-state index in [1.165, 1.54) is 18.2 Å². The Hall–Kier alpha value is -1.12. The lowest BCUT2D eigenvalue weighted by Gasteiger charge is -2.21. The molecule has 6 nitrogen and oxygen atoms in total. The molecule has 1 aliphatic rings. The second kappa shape index (κ2) is 6.31. The molecule has 1 N–H and O–H groups in total. The summed E-state index contributed by atoms with van der Waals surface area (Å²) in [6, 6.07) is 3.86. The molecule has 1 atom stereocenters. The van der Waals surface area contributed by atoms with E-state index < -0.39 is 36.4 Å². The maximum atomic E-state index is 12.7. The van der Waals surface area contributed by atoms with Gasteiger partial charge in [0.25, 0.3) is 5.91 Å². The van der Waals surface area contributed by atoms with Crippen LogP contribution in [-0.2, 0) is 19.7 Å². The van der Waals surface area contributed by atoms with Gasteiger partial charge in [-0.1, -0.05) is 11.6 Å². The Morgan fingerprint density at radius 1 is 1.29 bits per heavy atom. The predicted octanol–water partition coefficient (Wildman–Crippen LogP) is 1.83. The first-order valence-electron chi connectivity index (χ1n) is 7.38. The van der Waals surface area contributed by atoms with Crippen LogP contribution in [-0.4, -0.2) is 45.0 Å². The number of benzene rings is 1. The Morgan fingerprint density at radius 3 is 2.42 bits per heavy atom. The molecule has 0 spiro atoms. The highest BCUT2D eigenvalue weighted by molar-refractivity contribution is 7.96. The van der Waals surface area contributed by atoms with E-state index in [1.807, 2.05) is 0 Å². The van der Waals surface area contributed by atoms with E-state index in [4.69, 9.17) is 11.6 Å². The number of nitrogens with one attached hydrogen (secondary N) is 1. The van der Waals surface area contributed by atoms with Crippen molar-refractivity contribution < 1.29 is 21.6 Å². The molecule has 1 aliphatic heterocycles. The standard InChI is InChI=1S/C15H20ClNO5S2/c1-15(2,3)17-14(18)12-8-10(4-5-13(12)16)24(21,22)11-6-7-23(19,20)9-11/h4-5,8,11H,6-7,9H2,1-3H3,(H,17,18). The summed E-state index contributed by atoms with van der Waals surface area (Å²) in [7, 11) is -7.17. The number of hydrogen-bond donors (Lipinski definition) is 1. The first-order chi connectivity index (χ1) is 10.8. The highest BCUT2D eigenvalue weighted by atomic mass is 35.5. The zero-order valence-corrected chi connectivity index (χ0v) is 16.1. The van der Waals surface area contributed by atoms with Crippen LogP contribution in [0.2, 0.25) is 5.02 Å². The fourth-order valence-electron chi connectivity index (χ4n) is 2.46. The lowest BCUT2D eigenvalue weighted by Crippen LogP contribution is -2.40. The van der Waals surface area contributed by atoms with Gasteiger partial charge in [0.1, 0.15) is 0 Å². The number of amides is 1. The highest BCUT2D eigenvalue weighted by Crippen LogP contribution is 2.28. The van der Waals surface area contributed by atoms with Crippen LogP contribution in [0.3, 0.4) is 0 Å². The number of sulfone groups is 2. The van der Waals surface area contributed by atoms with Crippen molar-refractivity contribution in [3.8, 4) is 0 Å². The molecule has 0 aromatic heterocycles. The molecule has 24 heavy (non-hydrogen) atoms. The first kappa shape index (κ1) is 19.2. The molecule has 0 bridgehead atoms. The van der Waals surface area contributed by atoms with Crippen LogP contribution in [0.1, 0.15) is 37.6 Å². The molecule has 2 rings (SSSR count). The summed E-state index contributed by atoms with van der Waals surface area (Å²) < 4.78 is 48.4.